The van der Waals surface area contributed by atoms with Crippen molar-refractivity contribution >= 4 is 20.2 Å². The minimum absolute atomic E-state index is 0.137. The molecule has 3 heteroatoms. The molecule has 0 fully saturated rings. The summed E-state index contributed by atoms with van der Waals surface area (Å²) in [6.45, 7) is 5.91. The third-order valence-corrected chi connectivity index (χ3v) is 1.96. The van der Waals surface area contributed by atoms with Gasteiger partial charge in [-0.25, -0.2) is 0 Å². The van der Waals surface area contributed by atoms with Gasteiger partial charge in [-0.2, -0.15) is 0 Å². The van der Waals surface area contributed by atoms with Crippen LogP contribution >= 0.6 is 0 Å². The van der Waals surface area contributed by atoms with Gasteiger partial charge in [-0.15, -0.1) is 0 Å². The monoisotopic (exact) mass is 224 g/mol. The molecule has 0 aromatic carbocycles. The summed E-state index contributed by atoms with van der Waals surface area (Å²) in [6, 6.07) is 0. The average molecular weight is 223 g/mol. The first kappa shape index (κ1) is 11.1. The zero-order chi connectivity index (χ0) is 8.85. The van der Waals surface area contributed by atoms with E-state index in [-0.39, 0.29) is 6.10 Å². The molecule has 0 spiro atoms. The van der Waals surface area contributed by atoms with E-state index in [0.717, 1.165) is 12.8 Å². The predicted molar refractivity (Wildman–Crippen MR) is 47.9 cm³/mol. The average Bonchev–Trinajstić information content (AvgIpc) is 1.86. The van der Waals surface area contributed by atoms with E-state index >= 15 is 0 Å². The summed E-state index contributed by atoms with van der Waals surface area (Å²) in [5, 5.41) is 9.37. The second kappa shape index (κ2) is 5.76. The van der Waals surface area contributed by atoms with Gasteiger partial charge in [0.15, 0.2) is 0 Å². The molecule has 1 N–H and O–H groups in total. The Hall–Kier alpha value is 0.149. The molecular weight excluding hydrogens is 207 g/mol. The molecule has 0 amide bonds. The Bertz CT molecular complexity index is 123. The summed E-state index contributed by atoms with van der Waals surface area (Å²) in [7, 11) is 0. The summed E-state index contributed by atoms with van der Waals surface area (Å²) in [5.41, 5.74) is 0. The topological polar surface area (TPSA) is 29.5 Å². The molecule has 66 valence electrons. The Morgan fingerprint density at radius 3 is 2.45 bits per heavy atom. The van der Waals surface area contributed by atoms with Crippen LogP contribution in [0, 0.1) is 0 Å². The second-order valence-electron chi connectivity index (χ2n) is 2.79. The molecule has 0 aromatic rings. The quantitative estimate of drug-likeness (QED) is 0.701. The van der Waals surface area contributed by atoms with E-state index in [1.165, 1.54) is 0 Å². The van der Waals surface area contributed by atoms with Crippen molar-refractivity contribution in [1.82, 2.24) is 0 Å². The van der Waals surface area contributed by atoms with Gasteiger partial charge in [-0.05, 0) is 0 Å². The van der Waals surface area contributed by atoms with Crippen LogP contribution in [0.15, 0.2) is 0 Å². The van der Waals surface area contributed by atoms with Crippen molar-refractivity contribution in [2.24, 2.45) is 0 Å². The number of hydrogen-bond donors (Lipinski definition) is 1. The number of aliphatic hydroxyl groups is 1. The van der Waals surface area contributed by atoms with Crippen molar-refractivity contribution in [3.63, 3.8) is 0 Å². The molecule has 0 aliphatic rings. The summed E-state index contributed by atoms with van der Waals surface area (Å²) >= 11 is 2.74. The van der Waals surface area contributed by atoms with Gasteiger partial charge in [-0.1, -0.05) is 0 Å². The molecule has 0 bridgehead atoms. The van der Waals surface area contributed by atoms with Crippen LogP contribution in [0.1, 0.15) is 33.6 Å². The summed E-state index contributed by atoms with van der Waals surface area (Å²) in [5.74, 6) is 0. The fourth-order valence-electron chi connectivity index (χ4n) is 0.702. The first-order valence-corrected chi connectivity index (χ1v) is 4.82. The van der Waals surface area contributed by atoms with Gasteiger partial charge >= 0.3 is 75.8 Å². The van der Waals surface area contributed by atoms with Crippen LogP contribution < -0.4 is 0 Å². The van der Waals surface area contributed by atoms with E-state index in [1.54, 1.807) is 0 Å². The van der Waals surface area contributed by atoms with Crippen molar-refractivity contribution < 1.29 is 9.84 Å². The maximum absolute atomic E-state index is 9.37. The van der Waals surface area contributed by atoms with Crippen molar-refractivity contribution in [3.05, 3.63) is 0 Å². The van der Waals surface area contributed by atoms with Crippen LogP contribution in [0.25, 0.3) is 0 Å². The van der Waals surface area contributed by atoms with Gasteiger partial charge in [0.25, 0.3) is 0 Å². The Kier molecular flexibility index (Phi) is 5.83. The Labute approximate surface area is 76.3 Å². The van der Waals surface area contributed by atoms with E-state index in [4.69, 9.17) is 4.74 Å². The Morgan fingerprint density at radius 2 is 2.09 bits per heavy atom. The second-order valence-corrected chi connectivity index (χ2v) is 3.63. The van der Waals surface area contributed by atoms with Crippen LogP contribution in [0.4, 0.5) is 0 Å². The molecule has 0 aliphatic heterocycles. The van der Waals surface area contributed by atoms with E-state index in [0.29, 0.717) is 4.60 Å². The standard InChI is InChI=1S/C8H16O2Se/c1-4-5-7(9)8(11)10-6(2)3/h6-7,9H,4-5H2,1-3H3/t7-/m0/s1. The molecule has 0 saturated carbocycles. The molecular formula is C8H16O2Se. The molecule has 11 heavy (non-hydrogen) atoms. The van der Waals surface area contributed by atoms with Gasteiger partial charge in [0.05, 0.1) is 0 Å². The molecule has 0 rings (SSSR count). The molecule has 1 atom stereocenters. The van der Waals surface area contributed by atoms with Gasteiger partial charge in [0, 0.05) is 0 Å². The van der Waals surface area contributed by atoms with E-state index in [2.05, 4.69) is 15.6 Å². The zero-order valence-corrected chi connectivity index (χ0v) is 9.05. The van der Waals surface area contributed by atoms with Gasteiger partial charge in [0.1, 0.15) is 0 Å². The van der Waals surface area contributed by atoms with Crippen molar-refractivity contribution in [3.8, 4) is 0 Å². The first-order valence-electron chi connectivity index (χ1n) is 3.96. The first-order chi connectivity index (χ1) is 5.07. The molecule has 0 saturated heterocycles. The number of rotatable bonds is 5. The summed E-state index contributed by atoms with van der Waals surface area (Å²) in [6.07, 6.45) is 1.42. The third-order valence-electron chi connectivity index (χ3n) is 1.19. The molecule has 0 aliphatic carbocycles. The fourth-order valence-corrected chi connectivity index (χ4v) is 1.35. The van der Waals surface area contributed by atoms with E-state index < -0.39 is 6.10 Å². The molecule has 0 aromatic heterocycles. The zero-order valence-electron chi connectivity index (χ0n) is 7.33. The summed E-state index contributed by atoms with van der Waals surface area (Å²) < 4.78 is 5.89. The van der Waals surface area contributed by atoms with Crippen LogP contribution in [0.5, 0.6) is 0 Å². The number of ether oxygens (including phenoxy) is 1. The predicted octanol–water partition coefficient (Wildman–Crippen LogP) is 0.871. The van der Waals surface area contributed by atoms with Gasteiger partial charge in [0.2, 0.25) is 0 Å². The van der Waals surface area contributed by atoms with E-state index in [9.17, 15) is 5.11 Å². The normalized spacial score (nSPS) is 13.2. The van der Waals surface area contributed by atoms with Crippen LogP contribution in [-0.2, 0) is 4.74 Å². The minimum atomic E-state index is -0.442. The van der Waals surface area contributed by atoms with Crippen LogP contribution in [0.3, 0.4) is 0 Å². The summed E-state index contributed by atoms with van der Waals surface area (Å²) in [4.78, 5) is 0. The SMILES string of the molecule is CCC[C@H](O)C(=[Se])OC(C)C. The van der Waals surface area contributed by atoms with Gasteiger partial charge in [-0.3, -0.25) is 0 Å². The van der Waals surface area contributed by atoms with Crippen molar-refractivity contribution in [2.75, 3.05) is 0 Å². The fraction of sp³-hybridized carbons (Fsp3) is 0.875. The maximum atomic E-state index is 9.37. The van der Waals surface area contributed by atoms with E-state index in [1.807, 2.05) is 20.8 Å². The molecule has 2 nitrogen and oxygen atoms in total. The number of aliphatic hydroxyl groups excluding tert-OH is 1. The Balaban J connectivity index is 3.64. The van der Waals surface area contributed by atoms with Crippen molar-refractivity contribution in [1.29, 1.82) is 0 Å². The number of hydrogen-bond acceptors (Lipinski definition) is 2. The molecule has 0 radical (unpaired) electrons. The molecule has 0 heterocycles. The van der Waals surface area contributed by atoms with Crippen molar-refractivity contribution in [2.45, 2.75) is 45.8 Å². The Morgan fingerprint density at radius 1 is 1.55 bits per heavy atom. The molecule has 0 unspecified atom stereocenters. The van der Waals surface area contributed by atoms with Gasteiger partial charge < -0.3 is 0 Å². The van der Waals surface area contributed by atoms with Crippen LogP contribution in [-0.4, -0.2) is 37.5 Å². The third kappa shape index (κ3) is 5.42. The van der Waals surface area contributed by atoms with Crippen LogP contribution in [0.2, 0.25) is 0 Å².